The molecular weight excluding hydrogens is 270 g/mol. The van der Waals surface area contributed by atoms with Gasteiger partial charge in [0, 0.05) is 26.0 Å². The molecule has 19 heavy (non-hydrogen) atoms. The van der Waals surface area contributed by atoms with E-state index >= 15 is 0 Å². The minimum atomic E-state index is -2.93. The number of nitrogens with one attached hydrogen (secondary N) is 2. The number of nitrogens with two attached hydrogens (primary N) is 1. The Balaban J connectivity index is 2.59. The second-order valence-corrected chi connectivity index (χ2v) is 6.30. The van der Waals surface area contributed by atoms with E-state index in [1.165, 1.54) is 6.26 Å². The van der Waals surface area contributed by atoms with E-state index in [0.717, 1.165) is 0 Å². The van der Waals surface area contributed by atoms with E-state index in [0.29, 0.717) is 30.4 Å². The van der Waals surface area contributed by atoms with Crippen LogP contribution in [0.4, 0.5) is 11.6 Å². The Hall–Kier alpha value is -1.45. The quantitative estimate of drug-likeness (QED) is 0.341. The Morgan fingerprint density at radius 2 is 2.05 bits per heavy atom. The highest BCUT2D eigenvalue weighted by atomic mass is 32.2. The van der Waals surface area contributed by atoms with Crippen molar-refractivity contribution < 1.29 is 13.2 Å². The molecule has 0 amide bonds. The molecule has 1 aromatic rings. The van der Waals surface area contributed by atoms with Crippen LogP contribution in [-0.2, 0) is 21.2 Å². The normalized spacial score (nSPS) is 11.3. The van der Waals surface area contributed by atoms with Gasteiger partial charge in [0.15, 0.2) is 5.82 Å². The smallest absolute Gasteiger partial charge is 0.158 e. The standard InChI is InChI=1S/C10H19N5O3S/c1-18-7-10-13-8(6-9(14-10)15-11)12-4-3-5-19(2,16)17/h6H,3-5,7,11H2,1-2H3,(H2,12,13,14,15). The lowest BCUT2D eigenvalue weighted by Crippen LogP contribution is -2.14. The number of ether oxygens (including phenoxy) is 1. The third-order valence-electron chi connectivity index (χ3n) is 2.19. The summed E-state index contributed by atoms with van der Waals surface area (Å²) in [5, 5.41) is 3.02. The summed E-state index contributed by atoms with van der Waals surface area (Å²) in [6, 6.07) is 1.64. The van der Waals surface area contributed by atoms with E-state index in [1.54, 1.807) is 13.2 Å². The maximum Gasteiger partial charge on any atom is 0.158 e. The zero-order valence-electron chi connectivity index (χ0n) is 11.0. The molecule has 0 saturated heterocycles. The van der Waals surface area contributed by atoms with Crippen LogP contribution in [-0.4, -0.2) is 44.0 Å². The molecule has 0 aliphatic heterocycles. The molecular formula is C10H19N5O3S. The van der Waals surface area contributed by atoms with E-state index in [2.05, 4.69) is 20.7 Å². The molecule has 8 nitrogen and oxygen atoms in total. The zero-order chi connectivity index (χ0) is 14.3. The molecule has 1 heterocycles. The molecule has 0 aromatic carbocycles. The van der Waals surface area contributed by atoms with Crippen LogP contribution in [0.15, 0.2) is 6.07 Å². The summed E-state index contributed by atoms with van der Waals surface area (Å²) in [4.78, 5) is 8.31. The number of methoxy groups -OCH3 is 1. The number of hydrogen-bond acceptors (Lipinski definition) is 8. The third kappa shape index (κ3) is 6.32. The van der Waals surface area contributed by atoms with E-state index in [-0.39, 0.29) is 12.4 Å². The fourth-order valence-electron chi connectivity index (χ4n) is 1.41. The van der Waals surface area contributed by atoms with Crippen LogP contribution in [0, 0.1) is 0 Å². The first-order valence-electron chi connectivity index (χ1n) is 5.69. The van der Waals surface area contributed by atoms with Gasteiger partial charge in [0.05, 0.1) is 5.75 Å². The van der Waals surface area contributed by atoms with E-state index in [9.17, 15) is 8.42 Å². The summed E-state index contributed by atoms with van der Waals surface area (Å²) in [5.41, 5.74) is 2.44. The summed E-state index contributed by atoms with van der Waals surface area (Å²) >= 11 is 0. The number of nitrogens with zero attached hydrogens (tertiary/aromatic N) is 2. The summed E-state index contributed by atoms with van der Waals surface area (Å²) in [5.74, 6) is 6.97. The molecule has 0 bridgehead atoms. The minimum absolute atomic E-state index is 0.137. The molecule has 0 radical (unpaired) electrons. The molecule has 0 spiro atoms. The predicted molar refractivity (Wildman–Crippen MR) is 73.4 cm³/mol. The molecule has 108 valence electrons. The summed E-state index contributed by atoms with van der Waals surface area (Å²) in [6.07, 6.45) is 1.72. The van der Waals surface area contributed by atoms with Crippen molar-refractivity contribution >= 4 is 21.5 Å². The highest BCUT2D eigenvalue weighted by Crippen LogP contribution is 2.11. The van der Waals surface area contributed by atoms with Crippen molar-refractivity contribution in [3.8, 4) is 0 Å². The largest absolute Gasteiger partial charge is 0.377 e. The van der Waals surface area contributed by atoms with Crippen molar-refractivity contribution in [2.75, 3.05) is 36.4 Å². The van der Waals surface area contributed by atoms with Crippen LogP contribution >= 0.6 is 0 Å². The van der Waals surface area contributed by atoms with Gasteiger partial charge < -0.3 is 15.5 Å². The van der Waals surface area contributed by atoms with E-state index in [4.69, 9.17) is 10.6 Å². The number of nitrogen functional groups attached to an aromatic ring is 1. The first kappa shape index (κ1) is 15.6. The highest BCUT2D eigenvalue weighted by Gasteiger charge is 2.05. The second-order valence-electron chi connectivity index (χ2n) is 4.04. The molecule has 0 fully saturated rings. The molecule has 0 unspecified atom stereocenters. The summed E-state index contributed by atoms with van der Waals surface area (Å²) in [6.45, 7) is 0.772. The van der Waals surface area contributed by atoms with Crippen LogP contribution in [0.1, 0.15) is 12.2 Å². The van der Waals surface area contributed by atoms with Crippen molar-refractivity contribution in [3.63, 3.8) is 0 Å². The number of hydrazine groups is 1. The lowest BCUT2D eigenvalue weighted by molar-refractivity contribution is 0.178. The van der Waals surface area contributed by atoms with Gasteiger partial charge in [0.2, 0.25) is 0 Å². The van der Waals surface area contributed by atoms with Crippen molar-refractivity contribution in [1.82, 2.24) is 9.97 Å². The SMILES string of the molecule is COCc1nc(NN)cc(NCCCS(C)(=O)=O)n1. The van der Waals surface area contributed by atoms with Crippen LogP contribution < -0.4 is 16.6 Å². The Bertz CT molecular complexity index is 506. The first-order chi connectivity index (χ1) is 8.94. The maximum absolute atomic E-state index is 11.0. The van der Waals surface area contributed by atoms with Gasteiger partial charge in [-0.05, 0) is 6.42 Å². The molecule has 1 rings (SSSR count). The van der Waals surface area contributed by atoms with Gasteiger partial charge in [-0.15, -0.1) is 0 Å². The van der Waals surface area contributed by atoms with Crippen LogP contribution in [0.5, 0.6) is 0 Å². The molecule has 0 atom stereocenters. The lowest BCUT2D eigenvalue weighted by Gasteiger charge is -2.09. The average molecular weight is 289 g/mol. The maximum atomic E-state index is 11.0. The zero-order valence-corrected chi connectivity index (χ0v) is 11.8. The molecule has 0 aliphatic carbocycles. The Kier molecular flexibility index (Phi) is 5.93. The minimum Gasteiger partial charge on any atom is -0.377 e. The molecule has 4 N–H and O–H groups in total. The van der Waals surface area contributed by atoms with Crippen molar-refractivity contribution in [2.24, 2.45) is 5.84 Å². The van der Waals surface area contributed by atoms with Crippen molar-refractivity contribution in [3.05, 3.63) is 11.9 Å². The Morgan fingerprint density at radius 1 is 1.37 bits per heavy atom. The highest BCUT2D eigenvalue weighted by molar-refractivity contribution is 7.90. The molecule has 9 heteroatoms. The van der Waals surface area contributed by atoms with Gasteiger partial charge >= 0.3 is 0 Å². The Morgan fingerprint density at radius 3 is 2.63 bits per heavy atom. The number of aromatic nitrogens is 2. The number of hydrogen-bond donors (Lipinski definition) is 3. The predicted octanol–water partition coefficient (Wildman–Crippen LogP) is -0.245. The average Bonchev–Trinajstić information content (AvgIpc) is 2.34. The first-order valence-corrected chi connectivity index (χ1v) is 7.76. The van der Waals surface area contributed by atoms with Gasteiger partial charge in [0.1, 0.15) is 28.1 Å². The molecule has 0 saturated carbocycles. The van der Waals surface area contributed by atoms with Gasteiger partial charge in [-0.2, -0.15) is 0 Å². The monoisotopic (exact) mass is 289 g/mol. The van der Waals surface area contributed by atoms with Crippen molar-refractivity contribution in [2.45, 2.75) is 13.0 Å². The van der Waals surface area contributed by atoms with Crippen LogP contribution in [0.2, 0.25) is 0 Å². The number of rotatable bonds is 8. The molecule has 1 aromatic heterocycles. The van der Waals surface area contributed by atoms with E-state index < -0.39 is 9.84 Å². The van der Waals surface area contributed by atoms with Crippen molar-refractivity contribution in [1.29, 1.82) is 0 Å². The third-order valence-corrected chi connectivity index (χ3v) is 3.22. The second kappa shape index (κ2) is 7.22. The molecule has 0 aliphatic rings. The van der Waals surface area contributed by atoms with Gasteiger partial charge in [-0.25, -0.2) is 24.2 Å². The van der Waals surface area contributed by atoms with Gasteiger partial charge in [-0.1, -0.05) is 0 Å². The van der Waals surface area contributed by atoms with Crippen LogP contribution in [0.3, 0.4) is 0 Å². The summed E-state index contributed by atoms with van der Waals surface area (Å²) in [7, 11) is -1.39. The lowest BCUT2D eigenvalue weighted by atomic mass is 10.4. The van der Waals surface area contributed by atoms with E-state index in [1.807, 2.05) is 0 Å². The Labute approximate surface area is 112 Å². The topological polar surface area (TPSA) is 119 Å². The fraction of sp³-hybridized carbons (Fsp3) is 0.600. The summed E-state index contributed by atoms with van der Waals surface area (Å²) < 4.78 is 26.9. The van der Waals surface area contributed by atoms with Gasteiger partial charge in [-0.3, -0.25) is 0 Å². The van der Waals surface area contributed by atoms with Crippen LogP contribution in [0.25, 0.3) is 0 Å². The fourth-order valence-corrected chi connectivity index (χ4v) is 2.07. The van der Waals surface area contributed by atoms with Gasteiger partial charge in [0.25, 0.3) is 0 Å². The number of sulfone groups is 1. The number of anilines is 2.